The predicted molar refractivity (Wildman–Crippen MR) is 258 cm³/mol. The van der Waals surface area contributed by atoms with E-state index in [4.69, 9.17) is 9.72 Å². The number of anilines is 7. The van der Waals surface area contributed by atoms with Gasteiger partial charge in [-0.2, -0.15) is 4.98 Å². The molecule has 10 rings (SSSR count). The van der Waals surface area contributed by atoms with E-state index >= 15 is 0 Å². The summed E-state index contributed by atoms with van der Waals surface area (Å²) in [6, 6.07) is 14.8. The number of methoxy groups -OCH3 is 1. The average molecular weight is 997 g/mol. The molecule has 18 nitrogen and oxygen atoms in total. The maximum Gasteiger partial charge on any atom is 0.262 e. The number of piperidine rings is 2. The number of nitrogens with zero attached hydrogens (tertiary/aromatic N) is 8. The third-order valence-corrected chi connectivity index (χ3v) is 15.9. The number of hydrogen-bond acceptors (Lipinski definition) is 15. The molecular formula is C47H54BrN11O7S. The number of fused-ring (bicyclic) bond motifs is 2. The smallest absolute Gasteiger partial charge is 0.262 e. The van der Waals surface area contributed by atoms with Crippen LogP contribution in [0.25, 0.3) is 0 Å². The molecule has 4 amide bonds. The zero-order valence-electron chi connectivity index (χ0n) is 37.8. The molecule has 0 radical (unpaired) electrons. The maximum absolute atomic E-state index is 13.3. The molecular weight excluding hydrogens is 943 g/mol. The molecule has 1 aromatic heterocycles. The standard InChI is InChI=1S/C47H54BrN11O7S/c1-28-21-37(51-47-49-24-35(48)43(53-47)50-36-6-4-5-30-11-16-58(42(30)36)67(3,64)65)40(66-2)23-39(28)56-14-12-31(13-15-56)55-19-17-54(18-20-55)25-29-26-57(27-29)32-7-8-33-34(22-32)46(63)59(45(33)62)38-9-10-41(60)52-44(38)61/h4-8,21-24,29,31,38H,9-20,25-27H2,1-3H3,(H,52,60,61)(H2,49,50,51,53). The van der Waals surface area contributed by atoms with Crippen molar-refractivity contribution in [3.8, 4) is 5.75 Å². The molecule has 3 aromatic carbocycles. The second-order valence-corrected chi connectivity index (χ2v) is 21.1. The number of hydrogen-bond donors (Lipinski definition) is 3. The normalized spacial score (nSPS) is 20.8. The topological polar surface area (TPSA) is 193 Å². The monoisotopic (exact) mass is 995 g/mol. The quantitative estimate of drug-likeness (QED) is 0.168. The van der Waals surface area contributed by atoms with Crippen molar-refractivity contribution in [3.05, 3.63) is 81.5 Å². The molecule has 4 saturated heterocycles. The predicted octanol–water partition coefficient (Wildman–Crippen LogP) is 4.49. The number of imide groups is 2. The molecule has 3 N–H and O–H groups in total. The highest BCUT2D eigenvalue weighted by atomic mass is 79.9. The van der Waals surface area contributed by atoms with Crippen LogP contribution in [0.1, 0.15) is 57.5 Å². The number of nitrogens with one attached hydrogen (secondary N) is 3. The van der Waals surface area contributed by atoms with Gasteiger partial charge in [0.1, 0.15) is 17.6 Å². The first-order chi connectivity index (χ1) is 32.2. The van der Waals surface area contributed by atoms with Crippen LogP contribution < -0.4 is 34.8 Å². The lowest BCUT2D eigenvalue weighted by molar-refractivity contribution is -0.136. The second-order valence-electron chi connectivity index (χ2n) is 18.4. The van der Waals surface area contributed by atoms with E-state index in [2.05, 4.69) is 75.5 Å². The Morgan fingerprint density at radius 2 is 1.61 bits per heavy atom. The van der Waals surface area contributed by atoms with Gasteiger partial charge in [0.25, 0.3) is 11.8 Å². The summed E-state index contributed by atoms with van der Waals surface area (Å²) in [6.07, 6.45) is 5.91. The summed E-state index contributed by atoms with van der Waals surface area (Å²) in [6.45, 7) is 11.3. The van der Waals surface area contributed by atoms with Gasteiger partial charge < -0.3 is 30.1 Å². The van der Waals surface area contributed by atoms with E-state index < -0.39 is 33.8 Å². The van der Waals surface area contributed by atoms with E-state index in [0.717, 1.165) is 105 Å². The zero-order chi connectivity index (χ0) is 46.7. The summed E-state index contributed by atoms with van der Waals surface area (Å²) in [5.41, 5.74) is 6.74. The molecule has 0 bridgehead atoms. The van der Waals surface area contributed by atoms with Crippen molar-refractivity contribution >= 4 is 89.8 Å². The number of sulfonamides is 1. The minimum Gasteiger partial charge on any atom is -0.494 e. The van der Waals surface area contributed by atoms with Gasteiger partial charge in [0.05, 0.1) is 46.0 Å². The Labute approximate surface area is 398 Å². The largest absolute Gasteiger partial charge is 0.494 e. The fourth-order valence-electron chi connectivity index (χ4n) is 10.6. The molecule has 0 saturated carbocycles. The summed E-state index contributed by atoms with van der Waals surface area (Å²) in [4.78, 5) is 70.8. The molecule has 1 unspecified atom stereocenters. The number of amides is 4. The number of carbonyl (C=O) groups is 4. The summed E-state index contributed by atoms with van der Waals surface area (Å²) in [5, 5.41) is 8.94. The fourth-order valence-corrected chi connectivity index (χ4v) is 11.9. The van der Waals surface area contributed by atoms with E-state index in [0.29, 0.717) is 69.4 Å². The maximum atomic E-state index is 13.3. The highest BCUT2D eigenvalue weighted by Crippen LogP contribution is 2.41. The van der Waals surface area contributed by atoms with Gasteiger partial charge in [-0.25, -0.2) is 13.4 Å². The number of benzene rings is 3. The molecule has 67 heavy (non-hydrogen) atoms. The molecule has 4 fully saturated rings. The van der Waals surface area contributed by atoms with E-state index in [1.807, 2.05) is 24.3 Å². The number of para-hydroxylation sites is 1. The van der Waals surface area contributed by atoms with Gasteiger partial charge in [0.15, 0.2) is 0 Å². The van der Waals surface area contributed by atoms with Gasteiger partial charge in [-0.1, -0.05) is 12.1 Å². The van der Waals surface area contributed by atoms with Gasteiger partial charge in [-0.3, -0.25) is 38.6 Å². The van der Waals surface area contributed by atoms with Gasteiger partial charge in [-0.05, 0) is 90.0 Å². The van der Waals surface area contributed by atoms with Crippen molar-refractivity contribution in [1.29, 1.82) is 0 Å². The highest BCUT2D eigenvalue weighted by molar-refractivity contribution is 9.10. The minimum absolute atomic E-state index is 0.0936. The molecule has 20 heteroatoms. The third-order valence-electron chi connectivity index (χ3n) is 14.1. The van der Waals surface area contributed by atoms with Crippen molar-refractivity contribution in [2.24, 2.45) is 5.92 Å². The van der Waals surface area contributed by atoms with Crippen molar-refractivity contribution < 1.29 is 32.3 Å². The van der Waals surface area contributed by atoms with Gasteiger partial charge in [-0.15, -0.1) is 0 Å². The van der Waals surface area contributed by atoms with Gasteiger partial charge in [0, 0.05) is 107 Å². The fraction of sp³-hybridized carbons (Fsp3) is 0.447. The molecule has 1 atom stereocenters. The van der Waals surface area contributed by atoms with Crippen LogP contribution in [0.5, 0.6) is 5.75 Å². The molecule has 352 valence electrons. The Kier molecular flexibility index (Phi) is 12.1. The first-order valence-corrected chi connectivity index (χ1v) is 25.5. The third kappa shape index (κ3) is 8.79. The van der Waals surface area contributed by atoms with Crippen LogP contribution in [0.3, 0.4) is 0 Å². The highest BCUT2D eigenvalue weighted by Gasteiger charge is 2.45. The molecule has 0 aliphatic carbocycles. The SMILES string of the molecule is COc1cc(N2CCC(N3CCN(CC4CN(c5ccc6c(c5)C(=O)N(C5CCC(=O)NC5=O)C6=O)C4)CC3)CC2)c(C)cc1Nc1ncc(Br)c(Nc2cccc3c2N(S(C)(=O)=O)CC3)n1. The van der Waals surface area contributed by atoms with E-state index in [-0.39, 0.29) is 18.7 Å². The molecule has 6 aliphatic heterocycles. The summed E-state index contributed by atoms with van der Waals surface area (Å²) >= 11 is 3.56. The first-order valence-electron chi connectivity index (χ1n) is 22.9. The number of aromatic nitrogens is 2. The zero-order valence-corrected chi connectivity index (χ0v) is 40.2. The Hall–Kier alpha value is -5.83. The van der Waals surface area contributed by atoms with Crippen molar-refractivity contribution in [1.82, 2.24) is 30.0 Å². The van der Waals surface area contributed by atoms with E-state index in [1.165, 1.54) is 10.6 Å². The van der Waals surface area contributed by atoms with Crippen molar-refractivity contribution in [3.63, 3.8) is 0 Å². The van der Waals surface area contributed by atoms with Crippen LogP contribution in [0.15, 0.2) is 59.2 Å². The van der Waals surface area contributed by atoms with Crippen LogP contribution in [-0.2, 0) is 26.0 Å². The summed E-state index contributed by atoms with van der Waals surface area (Å²) < 4.78 is 33.1. The second kappa shape index (κ2) is 18.0. The molecule has 7 heterocycles. The Morgan fingerprint density at radius 3 is 2.34 bits per heavy atom. The van der Waals surface area contributed by atoms with Crippen LogP contribution in [0, 0.1) is 12.8 Å². The Bertz CT molecular complexity index is 2770. The number of halogens is 1. The molecule has 6 aliphatic rings. The lowest BCUT2D eigenvalue weighted by Crippen LogP contribution is -2.57. The van der Waals surface area contributed by atoms with Crippen molar-refractivity contribution in [2.75, 3.05) is 104 Å². The summed E-state index contributed by atoms with van der Waals surface area (Å²) in [5.74, 6) is 0.0795. The van der Waals surface area contributed by atoms with Gasteiger partial charge >= 0.3 is 0 Å². The number of aryl methyl sites for hydroxylation is 1. The first kappa shape index (κ1) is 45.0. The van der Waals surface area contributed by atoms with Crippen molar-refractivity contribution in [2.45, 2.75) is 51.1 Å². The van der Waals surface area contributed by atoms with E-state index in [1.54, 1.807) is 25.4 Å². The number of ether oxygens (including phenoxy) is 1. The lowest BCUT2D eigenvalue weighted by atomic mass is 9.96. The minimum atomic E-state index is -3.45. The lowest BCUT2D eigenvalue weighted by Gasteiger charge is -2.46. The van der Waals surface area contributed by atoms with Crippen LogP contribution >= 0.6 is 15.9 Å². The van der Waals surface area contributed by atoms with Crippen LogP contribution in [-0.4, -0.2) is 148 Å². The van der Waals surface area contributed by atoms with Gasteiger partial charge in [0.2, 0.25) is 27.8 Å². The molecule has 0 spiro atoms. The molecule has 4 aromatic rings. The number of carbonyl (C=O) groups excluding carboxylic acids is 4. The van der Waals surface area contributed by atoms with Crippen LogP contribution in [0.4, 0.5) is 40.2 Å². The van der Waals surface area contributed by atoms with E-state index in [9.17, 15) is 27.6 Å². The van der Waals surface area contributed by atoms with Crippen LogP contribution in [0.2, 0.25) is 0 Å². The average Bonchev–Trinajstić information content (AvgIpc) is 3.85. The number of piperazine rings is 1. The Morgan fingerprint density at radius 1 is 0.851 bits per heavy atom. The number of rotatable bonds is 12. The Balaban J connectivity index is 0.698. The summed E-state index contributed by atoms with van der Waals surface area (Å²) in [7, 11) is -1.79.